The van der Waals surface area contributed by atoms with E-state index in [1.807, 2.05) is 30.3 Å². The molecule has 1 aliphatic heterocycles. The Bertz CT molecular complexity index is 862. The first-order valence-electron chi connectivity index (χ1n) is 10.1. The number of rotatable bonds is 7. The number of alkyl carbamates (subject to hydrolysis) is 1. The number of benzene rings is 1. The molecular weight excluding hydrogens is 402 g/mol. The zero-order chi connectivity index (χ0) is 23.6. The lowest BCUT2D eigenvalue weighted by Crippen LogP contribution is -2.78. The summed E-state index contributed by atoms with van der Waals surface area (Å²) >= 11 is 0. The third kappa shape index (κ3) is 5.74. The normalized spacial score (nSPS) is 19.8. The number of hydrogen-bond acceptors (Lipinski definition) is 5. The number of hydrogen-bond donors (Lipinski definition) is 3. The van der Waals surface area contributed by atoms with Crippen molar-refractivity contribution in [2.75, 3.05) is 6.54 Å². The molecule has 9 nitrogen and oxygen atoms in total. The van der Waals surface area contributed by atoms with Gasteiger partial charge in [0.05, 0.1) is 6.54 Å². The zero-order valence-corrected chi connectivity index (χ0v) is 18.8. The topological polar surface area (TPSA) is 125 Å². The van der Waals surface area contributed by atoms with Crippen LogP contribution in [0.15, 0.2) is 30.3 Å². The molecule has 0 spiro atoms. The first kappa shape index (κ1) is 24.2. The maximum absolute atomic E-state index is 13.2. The van der Waals surface area contributed by atoms with Crippen LogP contribution in [-0.2, 0) is 25.5 Å². The monoisotopic (exact) mass is 433 g/mol. The molecule has 0 aliphatic carbocycles. The number of carboxylic acid groups (broad SMARTS) is 1. The number of nitrogens with zero attached hydrogens (tertiary/aromatic N) is 1. The fourth-order valence-corrected chi connectivity index (χ4v) is 3.25. The largest absolute Gasteiger partial charge is 0.480 e. The average molecular weight is 434 g/mol. The number of amides is 3. The van der Waals surface area contributed by atoms with Crippen LogP contribution in [0.3, 0.4) is 0 Å². The Balaban J connectivity index is 2.19. The third-order valence-electron chi connectivity index (χ3n) is 5.02. The van der Waals surface area contributed by atoms with E-state index in [9.17, 15) is 24.3 Å². The third-order valence-corrected chi connectivity index (χ3v) is 5.02. The second-order valence-electron chi connectivity index (χ2n) is 9.40. The second kappa shape index (κ2) is 8.56. The molecule has 0 bridgehead atoms. The molecule has 1 aromatic carbocycles. The SMILES string of the molecule is C[C@@H](C(=O)NC(C)(C)C(=O)O)N1C[C@@](Cc2ccccc2)(NC(=O)OC(C)(C)C)C1=O. The zero-order valence-electron chi connectivity index (χ0n) is 18.8. The molecule has 0 unspecified atom stereocenters. The van der Waals surface area contributed by atoms with Crippen molar-refractivity contribution in [1.29, 1.82) is 0 Å². The van der Waals surface area contributed by atoms with Crippen LogP contribution in [0.4, 0.5) is 4.79 Å². The number of β-lactam (4-membered cyclic amide) rings is 1. The molecule has 1 aliphatic rings. The van der Waals surface area contributed by atoms with Crippen molar-refractivity contribution in [3.63, 3.8) is 0 Å². The minimum atomic E-state index is -1.48. The van der Waals surface area contributed by atoms with Gasteiger partial charge in [-0.3, -0.25) is 9.59 Å². The molecule has 3 amide bonds. The van der Waals surface area contributed by atoms with Crippen molar-refractivity contribution in [3.05, 3.63) is 35.9 Å². The maximum Gasteiger partial charge on any atom is 0.408 e. The van der Waals surface area contributed by atoms with Crippen LogP contribution in [0.1, 0.15) is 47.1 Å². The summed E-state index contributed by atoms with van der Waals surface area (Å²) in [6.07, 6.45) is -0.488. The Morgan fingerprint density at radius 2 is 1.74 bits per heavy atom. The predicted octanol–water partition coefficient (Wildman–Crippen LogP) is 1.70. The van der Waals surface area contributed by atoms with Gasteiger partial charge in [0.1, 0.15) is 22.7 Å². The number of ether oxygens (including phenoxy) is 1. The number of likely N-dealkylation sites (tertiary alicyclic amines) is 1. The summed E-state index contributed by atoms with van der Waals surface area (Å²) in [5.74, 6) is -2.21. The molecule has 1 saturated heterocycles. The molecule has 3 N–H and O–H groups in total. The van der Waals surface area contributed by atoms with Crippen LogP contribution in [0, 0.1) is 0 Å². The van der Waals surface area contributed by atoms with Gasteiger partial charge in [0.15, 0.2) is 0 Å². The van der Waals surface area contributed by atoms with Gasteiger partial charge < -0.3 is 25.4 Å². The van der Waals surface area contributed by atoms with Crippen LogP contribution in [-0.4, -0.2) is 63.1 Å². The van der Waals surface area contributed by atoms with Crippen molar-refractivity contribution in [2.24, 2.45) is 0 Å². The summed E-state index contributed by atoms with van der Waals surface area (Å²) in [5, 5.41) is 14.3. The van der Waals surface area contributed by atoms with E-state index >= 15 is 0 Å². The minimum absolute atomic E-state index is 0.0854. The van der Waals surface area contributed by atoms with Gasteiger partial charge in [0.25, 0.3) is 5.91 Å². The highest BCUT2D eigenvalue weighted by atomic mass is 16.6. The van der Waals surface area contributed by atoms with Gasteiger partial charge in [-0.05, 0) is 47.1 Å². The van der Waals surface area contributed by atoms with Crippen LogP contribution < -0.4 is 10.6 Å². The average Bonchev–Trinajstić information content (AvgIpc) is 2.63. The van der Waals surface area contributed by atoms with Crippen LogP contribution >= 0.6 is 0 Å². The summed E-state index contributed by atoms with van der Waals surface area (Å²) in [5.41, 5.74) is -2.62. The Kier molecular flexibility index (Phi) is 6.68. The van der Waals surface area contributed by atoms with E-state index in [1.165, 1.54) is 25.7 Å². The lowest BCUT2D eigenvalue weighted by Gasteiger charge is -2.51. The van der Waals surface area contributed by atoms with Crippen LogP contribution in [0.2, 0.25) is 0 Å². The van der Waals surface area contributed by atoms with Gasteiger partial charge >= 0.3 is 12.1 Å². The highest BCUT2D eigenvalue weighted by Gasteiger charge is 2.56. The fourth-order valence-electron chi connectivity index (χ4n) is 3.25. The van der Waals surface area contributed by atoms with E-state index in [0.717, 1.165) is 5.56 Å². The lowest BCUT2D eigenvalue weighted by atomic mass is 9.81. The fraction of sp³-hybridized carbons (Fsp3) is 0.545. The van der Waals surface area contributed by atoms with Crippen molar-refractivity contribution >= 4 is 23.9 Å². The second-order valence-corrected chi connectivity index (χ2v) is 9.40. The van der Waals surface area contributed by atoms with Gasteiger partial charge in [0, 0.05) is 6.42 Å². The van der Waals surface area contributed by atoms with E-state index in [-0.39, 0.29) is 13.0 Å². The summed E-state index contributed by atoms with van der Waals surface area (Å²) in [6, 6.07) is 8.31. The molecule has 2 rings (SSSR count). The molecular formula is C22H31N3O6. The van der Waals surface area contributed by atoms with Crippen LogP contribution in [0.5, 0.6) is 0 Å². The van der Waals surface area contributed by atoms with Gasteiger partial charge in [-0.15, -0.1) is 0 Å². The Morgan fingerprint density at radius 1 is 1.16 bits per heavy atom. The Labute approximate surface area is 182 Å². The quantitative estimate of drug-likeness (QED) is 0.562. The lowest BCUT2D eigenvalue weighted by molar-refractivity contribution is -0.161. The number of nitrogens with one attached hydrogen (secondary N) is 2. The molecule has 2 atom stereocenters. The molecule has 1 aromatic rings. The maximum atomic E-state index is 13.2. The number of carboxylic acids is 1. The van der Waals surface area contributed by atoms with E-state index in [2.05, 4.69) is 10.6 Å². The Morgan fingerprint density at radius 3 is 2.23 bits per heavy atom. The van der Waals surface area contributed by atoms with Crippen molar-refractivity contribution in [2.45, 2.75) is 70.7 Å². The molecule has 0 radical (unpaired) electrons. The van der Waals surface area contributed by atoms with Crippen molar-refractivity contribution in [3.8, 4) is 0 Å². The van der Waals surface area contributed by atoms with E-state index in [1.54, 1.807) is 20.8 Å². The predicted molar refractivity (Wildman–Crippen MR) is 113 cm³/mol. The smallest absolute Gasteiger partial charge is 0.408 e. The first-order chi connectivity index (χ1) is 14.2. The van der Waals surface area contributed by atoms with Gasteiger partial charge in [0.2, 0.25) is 5.91 Å². The standard InChI is InChI=1S/C22H31N3O6/c1-14(16(26)23-21(5,6)18(28)29)25-13-22(17(25)27,12-15-10-8-7-9-11-15)24-19(30)31-20(2,3)4/h7-11,14H,12-13H2,1-6H3,(H,23,26)(H,24,30)(H,28,29)/t14-,22+/m0/s1. The van der Waals surface area contributed by atoms with Gasteiger partial charge in [-0.25, -0.2) is 9.59 Å². The molecule has 1 heterocycles. The van der Waals surface area contributed by atoms with E-state index in [4.69, 9.17) is 4.74 Å². The molecule has 31 heavy (non-hydrogen) atoms. The van der Waals surface area contributed by atoms with Crippen molar-refractivity contribution in [1.82, 2.24) is 15.5 Å². The highest BCUT2D eigenvalue weighted by Crippen LogP contribution is 2.30. The molecule has 0 aromatic heterocycles. The van der Waals surface area contributed by atoms with E-state index < -0.39 is 46.6 Å². The van der Waals surface area contributed by atoms with Crippen molar-refractivity contribution < 1.29 is 29.0 Å². The number of carbonyl (C=O) groups excluding carboxylic acids is 3. The summed E-state index contributed by atoms with van der Waals surface area (Å²) < 4.78 is 5.33. The Hall–Kier alpha value is -3.10. The summed E-state index contributed by atoms with van der Waals surface area (Å²) in [7, 11) is 0. The summed E-state index contributed by atoms with van der Waals surface area (Å²) in [4.78, 5) is 50.8. The molecule has 170 valence electrons. The highest BCUT2D eigenvalue weighted by molar-refractivity contribution is 6.00. The van der Waals surface area contributed by atoms with Gasteiger partial charge in [-0.1, -0.05) is 30.3 Å². The number of carbonyl (C=O) groups is 4. The molecule has 9 heteroatoms. The van der Waals surface area contributed by atoms with Crippen LogP contribution in [0.25, 0.3) is 0 Å². The summed E-state index contributed by atoms with van der Waals surface area (Å²) in [6.45, 7) is 9.50. The molecule has 1 fully saturated rings. The first-order valence-corrected chi connectivity index (χ1v) is 10.1. The van der Waals surface area contributed by atoms with E-state index in [0.29, 0.717) is 0 Å². The van der Waals surface area contributed by atoms with Gasteiger partial charge in [-0.2, -0.15) is 0 Å². The minimum Gasteiger partial charge on any atom is -0.480 e. The number of aliphatic carboxylic acids is 1. The molecule has 0 saturated carbocycles.